The van der Waals surface area contributed by atoms with E-state index in [0.717, 1.165) is 21.5 Å². The van der Waals surface area contributed by atoms with Crippen molar-refractivity contribution in [2.24, 2.45) is 0 Å². The second kappa shape index (κ2) is 4.82. The van der Waals surface area contributed by atoms with Gasteiger partial charge in [0.15, 0.2) is 0 Å². The lowest BCUT2D eigenvalue weighted by Crippen LogP contribution is -2.11. The Kier molecular flexibility index (Phi) is 3.01. The van der Waals surface area contributed by atoms with Crippen LogP contribution in [0.2, 0.25) is 0 Å². The zero-order valence-corrected chi connectivity index (χ0v) is 11.2. The molecule has 0 spiro atoms. The Balaban J connectivity index is 1.93. The summed E-state index contributed by atoms with van der Waals surface area (Å²) in [6.07, 6.45) is 0. The van der Waals surface area contributed by atoms with Gasteiger partial charge in [0.25, 0.3) is 5.91 Å². The number of benzene rings is 2. The molecule has 0 unspecified atom stereocenters. The first-order chi connectivity index (χ1) is 9.24. The number of aryl methyl sites for hydroxylation is 1. The van der Waals surface area contributed by atoms with E-state index in [1.807, 2.05) is 49.4 Å². The molecule has 0 aliphatic heterocycles. The van der Waals surface area contributed by atoms with Gasteiger partial charge in [0.2, 0.25) is 0 Å². The van der Waals surface area contributed by atoms with Crippen LogP contribution in [0.5, 0.6) is 0 Å². The minimum atomic E-state index is -0.0930. The average molecular weight is 268 g/mol. The maximum absolute atomic E-state index is 12.2. The van der Waals surface area contributed by atoms with Crippen LogP contribution in [0.4, 0.5) is 5.69 Å². The van der Waals surface area contributed by atoms with Gasteiger partial charge in [-0.05, 0) is 36.8 Å². The van der Waals surface area contributed by atoms with E-state index in [-0.39, 0.29) is 5.91 Å². The number of rotatable bonds is 2. The van der Waals surface area contributed by atoms with Crippen molar-refractivity contribution in [3.63, 3.8) is 0 Å². The highest BCUT2D eigenvalue weighted by Gasteiger charge is 2.10. The first-order valence-electron chi connectivity index (χ1n) is 5.94. The Bertz CT molecular complexity index is 734. The third kappa shape index (κ3) is 2.35. The maximum atomic E-state index is 12.2. The lowest BCUT2D eigenvalue weighted by Gasteiger charge is -2.06. The first-order valence-corrected chi connectivity index (χ1v) is 6.82. The molecule has 1 amide bonds. The Labute approximate surface area is 114 Å². The van der Waals surface area contributed by atoms with Crippen molar-refractivity contribution in [1.82, 2.24) is 4.98 Å². The van der Waals surface area contributed by atoms with Crippen molar-refractivity contribution >= 4 is 33.1 Å². The fourth-order valence-corrected chi connectivity index (χ4v) is 2.79. The van der Waals surface area contributed by atoms with Gasteiger partial charge in [-0.15, -0.1) is 11.3 Å². The number of aromatic nitrogens is 1. The Hall–Kier alpha value is -2.20. The number of amides is 1. The summed E-state index contributed by atoms with van der Waals surface area (Å²) >= 11 is 1.55. The third-order valence-corrected chi connectivity index (χ3v) is 3.70. The number of hydrogen-bond acceptors (Lipinski definition) is 3. The van der Waals surface area contributed by atoms with Crippen LogP contribution in [0.15, 0.2) is 48.0 Å². The van der Waals surface area contributed by atoms with Crippen LogP contribution in [0.3, 0.4) is 0 Å². The molecular formula is C15H12N2OS. The summed E-state index contributed by atoms with van der Waals surface area (Å²) in [5.74, 6) is -0.0930. The number of para-hydroxylation sites is 1. The van der Waals surface area contributed by atoms with Crippen molar-refractivity contribution < 1.29 is 4.79 Å². The number of nitrogens with zero attached hydrogens (tertiary/aromatic N) is 1. The molecule has 1 N–H and O–H groups in total. The summed E-state index contributed by atoms with van der Waals surface area (Å²) in [6, 6.07) is 13.2. The second-order valence-electron chi connectivity index (χ2n) is 4.31. The van der Waals surface area contributed by atoms with Gasteiger partial charge in [0.1, 0.15) is 0 Å². The molecule has 0 saturated carbocycles. The molecule has 1 aromatic heterocycles. The standard InChI is InChI=1S/C15H12N2OS/c1-10-7-11(8-13-14(10)16-9-19-13)15(18)17-12-5-3-2-4-6-12/h2-9H,1H3,(H,17,18). The van der Waals surface area contributed by atoms with Crippen LogP contribution in [0, 0.1) is 6.92 Å². The van der Waals surface area contributed by atoms with Crippen molar-refractivity contribution in [2.45, 2.75) is 6.92 Å². The van der Waals surface area contributed by atoms with Gasteiger partial charge in [-0.1, -0.05) is 18.2 Å². The topological polar surface area (TPSA) is 42.0 Å². The zero-order chi connectivity index (χ0) is 13.2. The van der Waals surface area contributed by atoms with Crippen molar-refractivity contribution in [2.75, 3.05) is 5.32 Å². The van der Waals surface area contributed by atoms with Gasteiger partial charge >= 0.3 is 0 Å². The summed E-state index contributed by atoms with van der Waals surface area (Å²) in [5.41, 5.74) is 5.27. The van der Waals surface area contributed by atoms with Gasteiger partial charge in [-0.25, -0.2) is 4.98 Å². The predicted octanol–water partition coefficient (Wildman–Crippen LogP) is 3.86. The first kappa shape index (κ1) is 11.9. The van der Waals surface area contributed by atoms with E-state index in [2.05, 4.69) is 10.3 Å². The van der Waals surface area contributed by atoms with Crippen LogP contribution >= 0.6 is 11.3 Å². The lowest BCUT2D eigenvalue weighted by molar-refractivity contribution is 0.102. The van der Waals surface area contributed by atoms with Gasteiger partial charge in [-0.2, -0.15) is 0 Å². The van der Waals surface area contributed by atoms with Crippen LogP contribution in [-0.4, -0.2) is 10.9 Å². The highest BCUT2D eigenvalue weighted by atomic mass is 32.1. The molecule has 3 nitrogen and oxygen atoms in total. The molecule has 94 valence electrons. The quantitative estimate of drug-likeness (QED) is 0.767. The lowest BCUT2D eigenvalue weighted by atomic mass is 10.1. The Morgan fingerprint density at radius 2 is 2.00 bits per heavy atom. The molecule has 0 aliphatic carbocycles. The van der Waals surface area contributed by atoms with Gasteiger partial charge < -0.3 is 5.32 Å². The molecule has 0 saturated heterocycles. The minimum Gasteiger partial charge on any atom is -0.322 e. The van der Waals surface area contributed by atoms with E-state index >= 15 is 0 Å². The van der Waals surface area contributed by atoms with Crippen molar-refractivity contribution in [3.05, 3.63) is 59.1 Å². The fourth-order valence-electron chi connectivity index (χ4n) is 1.99. The number of carbonyl (C=O) groups excluding carboxylic acids is 1. The monoisotopic (exact) mass is 268 g/mol. The molecule has 3 rings (SSSR count). The molecule has 2 aromatic carbocycles. The maximum Gasteiger partial charge on any atom is 0.255 e. The molecular weight excluding hydrogens is 256 g/mol. The van der Waals surface area contributed by atoms with E-state index in [9.17, 15) is 4.79 Å². The van der Waals surface area contributed by atoms with Crippen LogP contribution in [0.25, 0.3) is 10.2 Å². The highest BCUT2D eigenvalue weighted by molar-refractivity contribution is 7.16. The number of hydrogen-bond donors (Lipinski definition) is 1. The normalized spacial score (nSPS) is 10.6. The summed E-state index contributed by atoms with van der Waals surface area (Å²) in [5, 5.41) is 2.89. The minimum absolute atomic E-state index is 0.0930. The Morgan fingerprint density at radius 1 is 1.21 bits per heavy atom. The molecule has 4 heteroatoms. The molecule has 0 bridgehead atoms. The SMILES string of the molecule is Cc1cc(C(=O)Nc2ccccc2)cc2scnc12. The van der Waals surface area contributed by atoms with Crippen LogP contribution in [0.1, 0.15) is 15.9 Å². The summed E-state index contributed by atoms with van der Waals surface area (Å²) in [6.45, 7) is 1.97. The molecule has 0 fully saturated rings. The van der Waals surface area contributed by atoms with E-state index in [1.54, 1.807) is 16.8 Å². The predicted molar refractivity (Wildman–Crippen MR) is 78.8 cm³/mol. The fraction of sp³-hybridized carbons (Fsp3) is 0.0667. The van der Waals surface area contributed by atoms with Gasteiger partial charge in [-0.3, -0.25) is 4.79 Å². The van der Waals surface area contributed by atoms with Crippen molar-refractivity contribution in [1.29, 1.82) is 0 Å². The average Bonchev–Trinajstić information content (AvgIpc) is 2.88. The summed E-state index contributed by atoms with van der Waals surface area (Å²) in [4.78, 5) is 16.5. The number of thiazole rings is 1. The number of nitrogens with one attached hydrogen (secondary N) is 1. The van der Waals surface area contributed by atoms with Crippen molar-refractivity contribution in [3.8, 4) is 0 Å². The largest absolute Gasteiger partial charge is 0.322 e. The molecule has 19 heavy (non-hydrogen) atoms. The van der Waals surface area contributed by atoms with Gasteiger partial charge in [0.05, 0.1) is 15.7 Å². The number of fused-ring (bicyclic) bond motifs is 1. The van der Waals surface area contributed by atoms with E-state index in [1.165, 1.54) is 0 Å². The second-order valence-corrected chi connectivity index (χ2v) is 5.20. The molecule has 0 atom stereocenters. The number of anilines is 1. The smallest absolute Gasteiger partial charge is 0.255 e. The zero-order valence-electron chi connectivity index (χ0n) is 10.4. The summed E-state index contributed by atoms with van der Waals surface area (Å²) < 4.78 is 1.04. The van der Waals surface area contributed by atoms with E-state index < -0.39 is 0 Å². The van der Waals surface area contributed by atoms with E-state index in [4.69, 9.17) is 0 Å². The highest BCUT2D eigenvalue weighted by Crippen LogP contribution is 2.23. The molecule has 0 aliphatic rings. The number of carbonyl (C=O) groups is 1. The van der Waals surface area contributed by atoms with Gasteiger partial charge in [0, 0.05) is 11.3 Å². The van der Waals surface area contributed by atoms with Crippen LogP contribution in [-0.2, 0) is 0 Å². The van der Waals surface area contributed by atoms with E-state index in [0.29, 0.717) is 5.56 Å². The third-order valence-electron chi connectivity index (χ3n) is 2.92. The molecule has 0 radical (unpaired) electrons. The molecule has 1 heterocycles. The van der Waals surface area contributed by atoms with Crippen LogP contribution < -0.4 is 5.32 Å². The Morgan fingerprint density at radius 3 is 2.79 bits per heavy atom. The summed E-state index contributed by atoms with van der Waals surface area (Å²) in [7, 11) is 0. The molecule has 3 aromatic rings.